The van der Waals surface area contributed by atoms with E-state index in [9.17, 15) is 32.0 Å². The Bertz CT molecular complexity index is 2680. The molecule has 59 heavy (non-hydrogen) atoms. The molecule has 0 bridgehead atoms. The van der Waals surface area contributed by atoms with Crippen LogP contribution in [-0.4, -0.2) is 95.6 Å². The van der Waals surface area contributed by atoms with E-state index < -0.39 is 63.5 Å². The first-order valence-electron chi connectivity index (χ1n) is 19.0. The molecule has 4 aliphatic rings. The summed E-state index contributed by atoms with van der Waals surface area (Å²) in [4.78, 5) is 61.7. The number of hydrogen-bond acceptors (Lipinski definition) is 9. The summed E-state index contributed by atoms with van der Waals surface area (Å²) in [7, 11) is -4.37. The first-order chi connectivity index (χ1) is 28.3. The molecule has 3 amide bonds. The van der Waals surface area contributed by atoms with E-state index in [0.29, 0.717) is 34.5 Å². The van der Waals surface area contributed by atoms with Crippen molar-refractivity contribution >= 4 is 56.1 Å². The molecule has 2 aromatic heterocycles. The second-order valence-electron chi connectivity index (χ2n) is 15.0. The van der Waals surface area contributed by atoms with Crippen molar-refractivity contribution in [3.8, 4) is 16.9 Å². The number of ketones is 1. The molecule has 5 aromatic rings. The summed E-state index contributed by atoms with van der Waals surface area (Å²) in [6.45, 7) is 0.952. The quantitative estimate of drug-likeness (QED) is 0.124. The molecule has 9 rings (SSSR count). The fraction of sp³-hybridized carbons (Fsp3) is 0.293. The van der Waals surface area contributed by atoms with Crippen LogP contribution in [0.4, 0.5) is 24.5 Å². The molecule has 3 saturated heterocycles. The third-order valence-corrected chi connectivity index (χ3v) is 12.9. The third kappa shape index (κ3) is 7.05. The highest BCUT2D eigenvalue weighted by molar-refractivity contribution is 7.90. The van der Waals surface area contributed by atoms with Crippen LogP contribution in [0.1, 0.15) is 57.5 Å². The number of hydrogen-bond donors (Lipinski definition) is 3. The third-order valence-electron chi connectivity index (χ3n) is 11.4. The number of pyridine rings is 1. The molecular weight excluding hydrogens is 792 g/mol. The van der Waals surface area contributed by atoms with Crippen LogP contribution in [0.25, 0.3) is 22.2 Å². The first kappa shape index (κ1) is 38.3. The molecule has 3 fully saturated rings. The number of amides is 3. The van der Waals surface area contributed by atoms with Crippen LogP contribution in [0.15, 0.2) is 73.1 Å². The first-order valence-corrected chi connectivity index (χ1v) is 20.5. The van der Waals surface area contributed by atoms with Gasteiger partial charge in [-0.3, -0.25) is 29.2 Å². The van der Waals surface area contributed by atoms with Crippen molar-refractivity contribution in [2.45, 2.75) is 50.5 Å². The lowest BCUT2D eigenvalue weighted by atomic mass is 9.99. The number of piperidine rings is 1. The van der Waals surface area contributed by atoms with E-state index >= 15 is 8.78 Å². The Morgan fingerprint density at radius 2 is 1.76 bits per heavy atom. The van der Waals surface area contributed by atoms with Gasteiger partial charge >= 0.3 is 10.2 Å². The standard InChI is InChI=1S/C41H36F3N7O7S/c42-25-11-13-49(20-25)59(56,57)48-33-8-7-32(43)36(37(33)44)38(53)31-18-46-39-30(31)16-23(17-45-39)22-1-3-26(4-2-22)50-14-12-27(50)21-58-28-5-6-29-24(15-28)19-51(41(29)55)34-9-10-35(52)47-40(34)54/h1-8,15-18,25,27,34,48H,9-14,19-21H2,(H,45,46)(H,47,52,54)/t25-,27+,34?/m1/s1. The summed E-state index contributed by atoms with van der Waals surface area (Å²) in [6, 6.07) is 15.7. The Hall–Kier alpha value is -6.27. The molecule has 3 atom stereocenters. The molecule has 4 aliphatic heterocycles. The van der Waals surface area contributed by atoms with Gasteiger partial charge in [-0.25, -0.2) is 18.2 Å². The van der Waals surface area contributed by atoms with Gasteiger partial charge in [-0.1, -0.05) is 12.1 Å². The SMILES string of the molecule is O=C1CCC(N2Cc3cc(OC[C@@H]4CCN4c4ccc(-c5cnc6[nH]cc(C(=O)c7c(F)ccc(NS(=O)(=O)N8CC[C@@H](F)C8)c7F)c6c5)cc4)ccc3C2=O)C(=O)N1. The minimum Gasteiger partial charge on any atom is -0.491 e. The normalized spacial score (nSPS) is 20.8. The van der Waals surface area contributed by atoms with Crippen molar-refractivity contribution in [2.75, 3.05) is 35.9 Å². The minimum absolute atomic E-state index is 0.00635. The molecule has 0 saturated carbocycles. The predicted molar refractivity (Wildman–Crippen MR) is 209 cm³/mol. The number of fused-ring (bicyclic) bond motifs is 2. The Labute approximate surface area is 335 Å². The van der Waals surface area contributed by atoms with Gasteiger partial charge < -0.3 is 19.5 Å². The van der Waals surface area contributed by atoms with Crippen molar-refractivity contribution in [1.29, 1.82) is 0 Å². The number of imide groups is 1. The molecule has 18 heteroatoms. The molecule has 304 valence electrons. The predicted octanol–water partition coefficient (Wildman–Crippen LogP) is 4.86. The maximum atomic E-state index is 15.7. The molecule has 14 nitrogen and oxygen atoms in total. The molecule has 1 unspecified atom stereocenters. The van der Waals surface area contributed by atoms with Crippen LogP contribution in [0.5, 0.6) is 5.75 Å². The van der Waals surface area contributed by atoms with E-state index in [1.54, 1.807) is 24.4 Å². The van der Waals surface area contributed by atoms with Crippen LogP contribution < -0.4 is 19.7 Å². The smallest absolute Gasteiger partial charge is 0.301 e. The molecule has 0 aliphatic carbocycles. The van der Waals surface area contributed by atoms with Crippen molar-refractivity contribution in [2.24, 2.45) is 0 Å². The lowest BCUT2D eigenvalue weighted by Gasteiger charge is -2.42. The van der Waals surface area contributed by atoms with Crippen molar-refractivity contribution in [3.63, 3.8) is 0 Å². The number of aromatic amines is 1. The summed E-state index contributed by atoms with van der Waals surface area (Å²) in [5, 5.41) is 2.61. The second-order valence-corrected chi connectivity index (χ2v) is 16.7. The van der Waals surface area contributed by atoms with Gasteiger partial charge in [0.15, 0.2) is 5.82 Å². The van der Waals surface area contributed by atoms with Crippen LogP contribution in [-0.2, 0) is 26.3 Å². The van der Waals surface area contributed by atoms with Gasteiger partial charge in [0.1, 0.15) is 36.0 Å². The number of alkyl halides is 1. The van der Waals surface area contributed by atoms with Crippen LogP contribution in [0.3, 0.4) is 0 Å². The van der Waals surface area contributed by atoms with Gasteiger partial charge in [-0.15, -0.1) is 0 Å². The summed E-state index contributed by atoms with van der Waals surface area (Å²) < 4.78 is 79.0. The van der Waals surface area contributed by atoms with E-state index in [0.717, 1.165) is 46.2 Å². The van der Waals surface area contributed by atoms with Crippen molar-refractivity contribution < 1.29 is 45.5 Å². The number of nitrogens with one attached hydrogen (secondary N) is 3. The number of ether oxygens (including phenoxy) is 1. The van der Waals surface area contributed by atoms with Gasteiger partial charge in [-0.2, -0.15) is 12.7 Å². The van der Waals surface area contributed by atoms with E-state index in [1.807, 2.05) is 35.1 Å². The monoisotopic (exact) mass is 827 g/mol. The lowest BCUT2D eigenvalue weighted by Crippen LogP contribution is -2.52. The van der Waals surface area contributed by atoms with Crippen LogP contribution in [0, 0.1) is 11.6 Å². The lowest BCUT2D eigenvalue weighted by molar-refractivity contribution is -0.136. The summed E-state index contributed by atoms with van der Waals surface area (Å²) in [5.41, 5.74) is 2.24. The Morgan fingerprint density at radius 1 is 0.949 bits per heavy atom. The van der Waals surface area contributed by atoms with Gasteiger partial charge in [0.05, 0.1) is 17.3 Å². The summed E-state index contributed by atoms with van der Waals surface area (Å²) in [5.74, 6) is -4.06. The van der Waals surface area contributed by atoms with Gasteiger partial charge in [0.2, 0.25) is 17.6 Å². The number of carbonyl (C=O) groups is 4. The number of benzene rings is 3. The van der Waals surface area contributed by atoms with Gasteiger partial charge in [0, 0.05) is 72.8 Å². The summed E-state index contributed by atoms with van der Waals surface area (Å²) >= 11 is 0. The molecule has 0 spiro atoms. The highest BCUT2D eigenvalue weighted by atomic mass is 32.2. The molecular formula is C41H36F3N7O7S. The zero-order chi connectivity index (χ0) is 41.2. The zero-order valence-electron chi connectivity index (χ0n) is 31.2. The number of nitrogens with zero attached hydrogens (tertiary/aromatic N) is 4. The minimum atomic E-state index is -4.37. The van der Waals surface area contributed by atoms with E-state index in [-0.39, 0.29) is 55.8 Å². The van der Waals surface area contributed by atoms with Crippen LogP contribution >= 0.6 is 0 Å². The maximum absolute atomic E-state index is 15.7. The highest BCUT2D eigenvalue weighted by Gasteiger charge is 2.39. The number of halogens is 3. The number of anilines is 2. The Balaban J connectivity index is 0.866. The molecule has 3 aromatic carbocycles. The molecule has 6 heterocycles. The number of H-pyrrole nitrogens is 1. The fourth-order valence-electron chi connectivity index (χ4n) is 8.07. The Kier molecular flexibility index (Phi) is 9.62. The topological polar surface area (TPSA) is 174 Å². The van der Waals surface area contributed by atoms with E-state index in [2.05, 4.69) is 20.2 Å². The zero-order valence-corrected chi connectivity index (χ0v) is 32.0. The van der Waals surface area contributed by atoms with Gasteiger partial charge in [-0.05, 0) is 78.9 Å². The van der Waals surface area contributed by atoms with Crippen molar-refractivity contribution in [3.05, 3.63) is 107 Å². The van der Waals surface area contributed by atoms with Crippen molar-refractivity contribution in [1.82, 2.24) is 24.5 Å². The maximum Gasteiger partial charge on any atom is 0.301 e. The van der Waals surface area contributed by atoms with Crippen LogP contribution in [0.2, 0.25) is 0 Å². The number of carbonyl (C=O) groups excluding carboxylic acids is 4. The van der Waals surface area contributed by atoms with Gasteiger partial charge in [0.25, 0.3) is 5.91 Å². The molecule has 0 radical (unpaired) electrons. The Morgan fingerprint density at radius 3 is 2.49 bits per heavy atom. The number of aromatic nitrogens is 2. The average molecular weight is 828 g/mol. The summed E-state index contributed by atoms with van der Waals surface area (Å²) in [6.07, 6.45) is 2.90. The molecule has 3 N–H and O–H groups in total. The fourth-order valence-corrected chi connectivity index (χ4v) is 9.33. The van der Waals surface area contributed by atoms with E-state index in [4.69, 9.17) is 4.74 Å². The highest BCUT2D eigenvalue weighted by Crippen LogP contribution is 2.34. The largest absolute Gasteiger partial charge is 0.491 e. The van der Waals surface area contributed by atoms with E-state index in [1.165, 1.54) is 11.1 Å². The average Bonchev–Trinajstić information content (AvgIpc) is 3.93. The number of rotatable bonds is 11. The second kappa shape index (κ2) is 14.8.